The van der Waals surface area contributed by atoms with Crippen molar-refractivity contribution in [1.82, 2.24) is 10.2 Å². The molecule has 2 aliphatic rings. The van der Waals surface area contributed by atoms with Crippen LogP contribution in [-0.4, -0.2) is 43.8 Å². The molecule has 1 heterocycles. The molecule has 1 aliphatic carbocycles. The zero-order valence-corrected chi connectivity index (χ0v) is 12.5. The molecule has 0 spiro atoms. The zero-order valence-electron chi connectivity index (χ0n) is 12.5. The smallest absolute Gasteiger partial charge is 0.0594 e. The van der Waals surface area contributed by atoms with E-state index >= 15 is 0 Å². The van der Waals surface area contributed by atoms with Gasteiger partial charge in [-0.3, -0.25) is 4.90 Å². The number of morpholine rings is 1. The number of fused-ring (bicyclic) bond motifs is 1. The van der Waals surface area contributed by atoms with Crippen molar-refractivity contribution in [3.8, 4) is 0 Å². The van der Waals surface area contributed by atoms with Gasteiger partial charge in [0.1, 0.15) is 0 Å². The number of nitrogens with zero attached hydrogens (tertiary/aromatic N) is 1. The molecule has 0 bridgehead atoms. The van der Waals surface area contributed by atoms with E-state index in [1.807, 2.05) is 0 Å². The summed E-state index contributed by atoms with van der Waals surface area (Å²) in [5.74, 6) is 0. The van der Waals surface area contributed by atoms with E-state index in [-0.39, 0.29) is 0 Å². The third-order valence-electron chi connectivity index (χ3n) is 4.66. The quantitative estimate of drug-likeness (QED) is 0.857. The van der Waals surface area contributed by atoms with Crippen LogP contribution in [0.4, 0.5) is 0 Å². The molecule has 3 nitrogen and oxygen atoms in total. The number of hydrogen-bond acceptors (Lipinski definition) is 3. The first-order valence-electron chi connectivity index (χ1n) is 8.03. The minimum atomic E-state index is 0.469. The summed E-state index contributed by atoms with van der Waals surface area (Å²) in [5, 5.41) is 3.75. The van der Waals surface area contributed by atoms with Gasteiger partial charge in [-0.25, -0.2) is 0 Å². The molecule has 110 valence electrons. The lowest BCUT2D eigenvalue weighted by Gasteiger charge is -2.39. The maximum atomic E-state index is 5.52. The lowest BCUT2D eigenvalue weighted by atomic mass is 9.94. The van der Waals surface area contributed by atoms with Gasteiger partial charge in [-0.15, -0.1) is 0 Å². The van der Waals surface area contributed by atoms with Crippen LogP contribution in [0.25, 0.3) is 0 Å². The van der Waals surface area contributed by atoms with Crippen molar-refractivity contribution in [2.75, 3.05) is 32.8 Å². The molecule has 1 N–H and O–H groups in total. The Balaban J connectivity index is 1.88. The molecular formula is C17H26N2O. The van der Waals surface area contributed by atoms with Crippen LogP contribution in [0.5, 0.6) is 0 Å². The molecule has 1 aromatic rings. The van der Waals surface area contributed by atoms with Crippen LogP contribution in [0.15, 0.2) is 24.3 Å². The van der Waals surface area contributed by atoms with Crippen LogP contribution in [0.3, 0.4) is 0 Å². The zero-order chi connectivity index (χ0) is 13.8. The highest BCUT2D eigenvalue weighted by molar-refractivity contribution is 5.32. The average Bonchev–Trinajstić information content (AvgIpc) is 2.69. The van der Waals surface area contributed by atoms with E-state index in [0.717, 1.165) is 32.8 Å². The molecule has 1 saturated heterocycles. The summed E-state index contributed by atoms with van der Waals surface area (Å²) in [6.07, 6.45) is 3.80. The van der Waals surface area contributed by atoms with Crippen molar-refractivity contribution < 1.29 is 4.74 Å². The van der Waals surface area contributed by atoms with Gasteiger partial charge in [0.05, 0.1) is 13.2 Å². The predicted molar refractivity (Wildman–Crippen MR) is 82.0 cm³/mol. The maximum Gasteiger partial charge on any atom is 0.0594 e. The van der Waals surface area contributed by atoms with Gasteiger partial charge >= 0.3 is 0 Å². The number of benzene rings is 1. The van der Waals surface area contributed by atoms with Crippen LogP contribution in [0.1, 0.15) is 36.9 Å². The molecule has 3 heteroatoms. The molecule has 0 aromatic heterocycles. The number of rotatable bonds is 3. The summed E-state index contributed by atoms with van der Waals surface area (Å²) < 4.78 is 5.52. The highest BCUT2D eigenvalue weighted by atomic mass is 16.5. The number of likely N-dealkylation sites (N-methyl/N-ethyl adjacent to an activating group) is 1. The molecular weight excluding hydrogens is 248 g/mol. The number of nitrogens with one attached hydrogen (secondary N) is 1. The van der Waals surface area contributed by atoms with Gasteiger partial charge in [0.25, 0.3) is 0 Å². The summed E-state index contributed by atoms with van der Waals surface area (Å²) >= 11 is 0. The molecule has 2 unspecified atom stereocenters. The average molecular weight is 274 g/mol. The molecule has 1 fully saturated rings. The van der Waals surface area contributed by atoms with Gasteiger partial charge < -0.3 is 10.1 Å². The maximum absolute atomic E-state index is 5.52. The minimum absolute atomic E-state index is 0.469. The standard InChI is InChI=1S/C17H26N2O/c1-2-18-17-15-8-4-3-6-14(15)7-5-9-16(17)19-10-12-20-13-11-19/h3-4,6,8,16-18H,2,5,7,9-13H2,1H3. The third kappa shape index (κ3) is 2.90. The Morgan fingerprint density at radius 3 is 2.85 bits per heavy atom. The molecule has 2 atom stereocenters. The first-order chi connectivity index (χ1) is 9.90. The van der Waals surface area contributed by atoms with Gasteiger partial charge in [-0.1, -0.05) is 31.2 Å². The van der Waals surface area contributed by atoms with Crippen molar-refractivity contribution in [1.29, 1.82) is 0 Å². The van der Waals surface area contributed by atoms with E-state index in [9.17, 15) is 0 Å². The summed E-state index contributed by atoms with van der Waals surface area (Å²) in [7, 11) is 0. The number of aryl methyl sites for hydroxylation is 1. The Kier molecular flexibility index (Phi) is 4.71. The molecule has 0 radical (unpaired) electrons. The fourth-order valence-electron chi connectivity index (χ4n) is 3.71. The largest absolute Gasteiger partial charge is 0.379 e. The highest BCUT2D eigenvalue weighted by Gasteiger charge is 2.32. The van der Waals surface area contributed by atoms with Crippen molar-refractivity contribution in [3.63, 3.8) is 0 Å². The highest BCUT2D eigenvalue weighted by Crippen LogP contribution is 2.32. The van der Waals surface area contributed by atoms with Gasteiger partial charge in [-0.05, 0) is 36.9 Å². The van der Waals surface area contributed by atoms with Crippen LogP contribution in [0, 0.1) is 0 Å². The molecule has 0 saturated carbocycles. The second-order valence-electron chi connectivity index (χ2n) is 5.84. The Morgan fingerprint density at radius 1 is 1.25 bits per heavy atom. The van der Waals surface area contributed by atoms with Crippen LogP contribution < -0.4 is 5.32 Å². The second kappa shape index (κ2) is 6.70. The van der Waals surface area contributed by atoms with E-state index in [1.54, 1.807) is 0 Å². The van der Waals surface area contributed by atoms with Crippen LogP contribution in [0.2, 0.25) is 0 Å². The van der Waals surface area contributed by atoms with Crippen LogP contribution >= 0.6 is 0 Å². The summed E-state index contributed by atoms with van der Waals surface area (Å²) in [5.41, 5.74) is 3.05. The first kappa shape index (κ1) is 14.1. The monoisotopic (exact) mass is 274 g/mol. The minimum Gasteiger partial charge on any atom is -0.379 e. The normalized spacial score (nSPS) is 27.9. The van der Waals surface area contributed by atoms with E-state index in [4.69, 9.17) is 4.74 Å². The fourth-order valence-corrected chi connectivity index (χ4v) is 3.71. The topological polar surface area (TPSA) is 24.5 Å². The number of hydrogen-bond donors (Lipinski definition) is 1. The van der Waals surface area contributed by atoms with E-state index in [2.05, 4.69) is 41.4 Å². The first-order valence-corrected chi connectivity index (χ1v) is 8.03. The second-order valence-corrected chi connectivity index (χ2v) is 5.84. The molecule has 1 aliphatic heterocycles. The summed E-state index contributed by atoms with van der Waals surface area (Å²) in [6.45, 7) is 7.17. The van der Waals surface area contributed by atoms with Crippen molar-refractivity contribution in [2.24, 2.45) is 0 Å². The Labute approximate surface area is 122 Å². The van der Waals surface area contributed by atoms with E-state index in [0.29, 0.717) is 12.1 Å². The van der Waals surface area contributed by atoms with Crippen LogP contribution in [-0.2, 0) is 11.2 Å². The summed E-state index contributed by atoms with van der Waals surface area (Å²) in [6, 6.07) is 10.1. The molecule has 3 rings (SSSR count). The Bertz CT molecular complexity index is 429. The predicted octanol–water partition coefficient (Wildman–Crippen LogP) is 2.37. The Morgan fingerprint density at radius 2 is 2.05 bits per heavy atom. The molecule has 1 aromatic carbocycles. The lowest BCUT2D eigenvalue weighted by Crippen LogP contribution is -2.49. The van der Waals surface area contributed by atoms with Gasteiger partial charge in [0.15, 0.2) is 0 Å². The van der Waals surface area contributed by atoms with Gasteiger partial charge in [0, 0.05) is 25.2 Å². The SMILES string of the molecule is CCNC1c2ccccc2CCCC1N1CCOCC1. The molecule has 20 heavy (non-hydrogen) atoms. The fraction of sp³-hybridized carbons (Fsp3) is 0.647. The molecule has 0 amide bonds. The lowest BCUT2D eigenvalue weighted by molar-refractivity contribution is 0.00592. The van der Waals surface area contributed by atoms with Crippen molar-refractivity contribution in [3.05, 3.63) is 35.4 Å². The van der Waals surface area contributed by atoms with E-state index in [1.165, 1.54) is 30.4 Å². The number of ether oxygens (including phenoxy) is 1. The van der Waals surface area contributed by atoms with Gasteiger partial charge in [0.2, 0.25) is 0 Å². The summed E-state index contributed by atoms with van der Waals surface area (Å²) in [4.78, 5) is 2.64. The third-order valence-corrected chi connectivity index (χ3v) is 4.66. The van der Waals surface area contributed by atoms with Crippen molar-refractivity contribution >= 4 is 0 Å². The van der Waals surface area contributed by atoms with Gasteiger partial charge in [-0.2, -0.15) is 0 Å². The van der Waals surface area contributed by atoms with Crippen molar-refractivity contribution in [2.45, 2.75) is 38.3 Å². The Hall–Kier alpha value is -0.900. The van der Waals surface area contributed by atoms with E-state index < -0.39 is 0 Å².